The van der Waals surface area contributed by atoms with Crippen molar-refractivity contribution in [2.75, 3.05) is 5.73 Å². The number of benzene rings is 1. The standard InChI is InChI=1S/C23H24N4O2/c1-14-10-19(18-8-9-25-21(18)27(14)28)20-12-16(24)13-26-22(20)29-17-7-5-6-15(11-17)23(2,3)4/h5-13,28H,24H2,1-4H3. The van der Waals surface area contributed by atoms with Crippen molar-refractivity contribution in [3.8, 4) is 34.1 Å². The molecule has 6 heteroatoms. The number of nitrogen functional groups attached to an aromatic ring is 1. The van der Waals surface area contributed by atoms with E-state index >= 15 is 0 Å². The van der Waals surface area contributed by atoms with Crippen molar-refractivity contribution in [1.29, 1.82) is 0 Å². The average molecular weight is 388 g/mol. The zero-order valence-electron chi connectivity index (χ0n) is 17.0. The minimum atomic E-state index is 0.00909. The molecular weight excluding hydrogens is 364 g/mol. The fourth-order valence-electron chi connectivity index (χ4n) is 3.32. The Balaban J connectivity index is 1.83. The van der Waals surface area contributed by atoms with Gasteiger partial charge in [-0.1, -0.05) is 32.9 Å². The lowest BCUT2D eigenvalue weighted by molar-refractivity contribution is 0.180. The third-order valence-electron chi connectivity index (χ3n) is 4.93. The molecule has 0 saturated carbocycles. The molecular formula is C23H24N4O2. The van der Waals surface area contributed by atoms with E-state index in [1.807, 2.05) is 43.3 Å². The van der Waals surface area contributed by atoms with Crippen LogP contribution in [0.3, 0.4) is 0 Å². The number of anilines is 1. The number of aryl methyl sites for hydroxylation is 1. The summed E-state index contributed by atoms with van der Waals surface area (Å²) in [4.78, 5) is 8.71. The van der Waals surface area contributed by atoms with Crippen LogP contribution in [0, 0.1) is 6.92 Å². The lowest BCUT2D eigenvalue weighted by atomic mass is 9.87. The number of pyridine rings is 2. The van der Waals surface area contributed by atoms with Crippen LogP contribution in [0.15, 0.2) is 54.9 Å². The lowest BCUT2D eigenvalue weighted by Gasteiger charge is -2.20. The molecule has 1 aromatic carbocycles. The molecule has 29 heavy (non-hydrogen) atoms. The summed E-state index contributed by atoms with van der Waals surface area (Å²) < 4.78 is 7.27. The van der Waals surface area contributed by atoms with Crippen LogP contribution >= 0.6 is 0 Å². The number of fused-ring (bicyclic) bond motifs is 1. The van der Waals surface area contributed by atoms with E-state index in [0.29, 0.717) is 28.8 Å². The zero-order chi connectivity index (χ0) is 20.8. The molecule has 3 heterocycles. The van der Waals surface area contributed by atoms with Gasteiger partial charge in [-0.2, -0.15) is 4.73 Å². The Bertz CT molecular complexity index is 1160. The third-order valence-corrected chi connectivity index (χ3v) is 4.93. The van der Waals surface area contributed by atoms with E-state index in [-0.39, 0.29) is 5.41 Å². The minimum Gasteiger partial charge on any atom is -0.438 e. The maximum absolute atomic E-state index is 10.3. The highest BCUT2D eigenvalue weighted by Crippen LogP contribution is 2.40. The van der Waals surface area contributed by atoms with Crippen molar-refractivity contribution in [2.45, 2.75) is 33.1 Å². The van der Waals surface area contributed by atoms with Gasteiger partial charge >= 0.3 is 0 Å². The molecule has 148 valence electrons. The van der Waals surface area contributed by atoms with Gasteiger partial charge in [-0.05, 0) is 48.2 Å². The van der Waals surface area contributed by atoms with E-state index in [2.05, 4.69) is 36.8 Å². The Morgan fingerprint density at radius 3 is 2.55 bits per heavy atom. The van der Waals surface area contributed by atoms with Gasteiger partial charge in [0.25, 0.3) is 0 Å². The predicted molar refractivity (Wildman–Crippen MR) is 114 cm³/mol. The summed E-state index contributed by atoms with van der Waals surface area (Å²) >= 11 is 0. The van der Waals surface area contributed by atoms with Crippen LogP contribution in [0.1, 0.15) is 32.0 Å². The first-order chi connectivity index (χ1) is 13.7. The summed E-state index contributed by atoms with van der Waals surface area (Å²) in [5.74, 6) is 1.63. The van der Waals surface area contributed by atoms with Crippen LogP contribution in [-0.4, -0.2) is 19.9 Å². The Hall–Kier alpha value is -3.54. The Kier molecular flexibility index (Phi) is 4.42. The number of hydrogen-bond donors (Lipinski definition) is 2. The Morgan fingerprint density at radius 2 is 1.79 bits per heavy atom. The number of nitrogens with two attached hydrogens (primary N) is 1. The first kappa shape index (κ1) is 18.8. The minimum absolute atomic E-state index is 0.00909. The molecule has 2 aromatic rings. The number of nitrogens with zero attached hydrogens (tertiary/aromatic N) is 3. The highest BCUT2D eigenvalue weighted by Gasteiger charge is 2.21. The van der Waals surface area contributed by atoms with E-state index in [4.69, 9.17) is 10.5 Å². The summed E-state index contributed by atoms with van der Waals surface area (Å²) in [7, 11) is 0. The van der Waals surface area contributed by atoms with Gasteiger partial charge in [-0.3, -0.25) is 0 Å². The summed E-state index contributed by atoms with van der Waals surface area (Å²) in [6.07, 6.45) is 3.24. The molecule has 0 spiro atoms. The van der Waals surface area contributed by atoms with Crippen LogP contribution in [0.5, 0.6) is 11.6 Å². The first-order valence-corrected chi connectivity index (χ1v) is 9.44. The van der Waals surface area contributed by atoms with Crippen molar-refractivity contribution >= 4 is 5.69 Å². The van der Waals surface area contributed by atoms with E-state index in [1.54, 1.807) is 12.4 Å². The smallest absolute Gasteiger partial charge is 0.227 e. The first-order valence-electron chi connectivity index (χ1n) is 9.44. The fourth-order valence-corrected chi connectivity index (χ4v) is 3.32. The van der Waals surface area contributed by atoms with Crippen LogP contribution < -0.4 is 10.5 Å². The molecule has 0 radical (unpaired) electrons. The molecule has 1 aromatic heterocycles. The van der Waals surface area contributed by atoms with Gasteiger partial charge in [0.15, 0.2) is 5.82 Å². The molecule has 0 bridgehead atoms. The zero-order valence-corrected chi connectivity index (χ0v) is 17.0. The largest absolute Gasteiger partial charge is 0.438 e. The van der Waals surface area contributed by atoms with E-state index in [9.17, 15) is 5.21 Å². The molecule has 0 unspecified atom stereocenters. The molecule has 4 rings (SSSR count). The van der Waals surface area contributed by atoms with Gasteiger partial charge in [0.2, 0.25) is 5.88 Å². The van der Waals surface area contributed by atoms with E-state index < -0.39 is 0 Å². The highest BCUT2D eigenvalue weighted by atomic mass is 16.5. The topological polar surface area (TPSA) is 86.2 Å². The third kappa shape index (κ3) is 3.49. The molecule has 2 aliphatic rings. The summed E-state index contributed by atoms with van der Waals surface area (Å²) in [5, 5.41) is 10.3. The van der Waals surface area contributed by atoms with Crippen molar-refractivity contribution in [3.05, 3.63) is 66.1 Å². The van der Waals surface area contributed by atoms with Crippen LogP contribution in [0.2, 0.25) is 0 Å². The molecule has 0 amide bonds. The SMILES string of the molecule is Cc1cc(-c2cc(N)cnc2Oc2cccc(C(C)(C)C)c2)c2ccnc-2n1O. The van der Waals surface area contributed by atoms with Crippen molar-refractivity contribution in [2.24, 2.45) is 0 Å². The number of hydrogen-bond acceptors (Lipinski definition) is 5. The average Bonchev–Trinajstić information content (AvgIpc) is 3.16. The van der Waals surface area contributed by atoms with Crippen LogP contribution in [0.25, 0.3) is 22.5 Å². The quantitative estimate of drug-likeness (QED) is 0.467. The highest BCUT2D eigenvalue weighted by molar-refractivity contribution is 5.85. The summed E-state index contributed by atoms with van der Waals surface area (Å²) in [6.45, 7) is 8.30. The van der Waals surface area contributed by atoms with Crippen molar-refractivity contribution < 1.29 is 9.94 Å². The second kappa shape index (κ2) is 6.81. The van der Waals surface area contributed by atoms with Gasteiger partial charge in [0.05, 0.1) is 17.6 Å². The summed E-state index contributed by atoms with van der Waals surface area (Å²) in [5.41, 5.74) is 10.8. The maximum atomic E-state index is 10.3. The Labute approximate surface area is 169 Å². The second-order valence-corrected chi connectivity index (χ2v) is 8.19. The van der Waals surface area contributed by atoms with Gasteiger partial charge in [-0.15, -0.1) is 0 Å². The molecule has 6 nitrogen and oxygen atoms in total. The van der Waals surface area contributed by atoms with Gasteiger partial charge in [0.1, 0.15) is 5.75 Å². The van der Waals surface area contributed by atoms with Crippen LogP contribution in [0.4, 0.5) is 5.69 Å². The molecule has 2 aliphatic heterocycles. The van der Waals surface area contributed by atoms with E-state index in [0.717, 1.165) is 21.4 Å². The molecule has 0 aliphatic carbocycles. The molecule has 0 fully saturated rings. The van der Waals surface area contributed by atoms with E-state index in [1.165, 1.54) is 5.56 Å². The normalized spacial score (nSPS) is 11.7. The van der Waals surface area contributed by atoms with Gasteiger partial charge < -0.3 is 15.7 Å². The summed E-state index contributed by atoms with van der Waals surface area (Å²) in [6, 6.07) is 13.6. The molecule has 0 atom stereocenters. The lowest BCUT2D eigenvalue weighted by Crippen LogP contribution is -2.10. The maximum Gasteiger partial charge on any atom is 0.227 e. The predicted octanol–water partition coefficient (Wildman–Crippen LogP) is 5.27. The number of aromatic nitrogens is 3. The van der Waals surface area contributed by atoms with Gasteiger partial charge in [0, 0.05) is 22.9 Å². The monoisotopic (exact) mass is 388 g/mol. The van der Waals surface area contributed by atoms with Gasteiger partial charge in [-0.25, -0.2) is 9.97 Å². The second-order valence-electron chi connectivity index (χ2n) is 8.19. The molecule has 3 N–H and O–H groups in total. The van der Waals surface area contributed by atoms with Crippen molar-refractivity contribution in [1.82, 2.24) is 14.7 Å². The Morgan fingerprint density at radius 1 is 1.00 bits per heavy atom. The van der Waals surface area contributed by atoms with Crippen LogP contribution in [-0.2, 0) is 5.41 Å². The fraction of sp³-hybridized carbons (Fsp3) is 0.217. The molecule has 0 saturated heterocycles. The number of rotatable bonds is 3. The van der Waals surface area contributed by atoms with Crippen molar-refractivity contribution in [3.63, 3.8) is 0 Å². The number of ether oxygens (including phenoxy) is 1.